The summed E-state index contributed by atoms with van der Waals surface area (Å²) in [6.07, 6.45) is 3.55. The highest BCUT2D eigenvalue weighted by molar-refractivity contribution is 6.35. The summed E-state index contributed by atoms with van der Waals surface area (Å²) in [5.74, 6) is -0.551. The zero-order valence-electron chi connectivity index (χ0n) is 22.4. The second-order valence-electron chi connectivity index (χ2n) is 10.2. The van der Waals surface area contributed by atoms with Crippen LogP contribution in [0.25, 0.3) is 0 Å². The molecule has 11 heteroatoms. The molecule has 0 radical (unpaired) electrons. The summed E-state index contributed by atoms with van der Waals surface area (Å²) in [6, 6.07) is 16.4. The lowest BCUT2D eigenvalue weighted by Gasteiger charge is -2.44. The van der Waals surface area contributed by atoms with Gasteiger partial charge in [-0.1, -0.05) is 53.5 Å². The van der Waals surface area contributed by atoms with Gasteiger partial charge in [-0.15, -0.1) is 0 Å². The molecule has 2 aliphatic rings. The molecule has 3 aromatic rings. The van der Waals surface area contributed by atoms with Crippen molar-refractivity contribution in [3.63, 3.8) is 0 Å². The van der Waals surface area contributed by atoms with Crippen molar-refractivity contribution in [2.45, 2.75) is 37.6 Å². The molecule has 2 fully saturated rings. The number of hydrogen-bond acceptors (Lipinski definition) is 7. The lowest BCUT2D eigenvalue weighted by molar-refractivity contribution is -0.142. The highest BCUT2D eigenvalue weighted by atomic mass is 35.5. The lowest BCUT2D eigenvalue weighted by atomic mass is 10.1. The third kappa shape index (κ3) is 7.17. The molecule has 2 aromatic carbocycles. The molecule has 0 saturated carbocycles. The number of carbonyl (C=O) groups excluding carboxylic acids is 2. The van der Waals surface area contributed by atoms with E-state index in [0.717, 1.165) is 24.9 Å². The molecular formula is C30H32Cl2N4O5. The van der Waals surface area contributed by atoms with Crippen LogP contribution < -0.4 is 10.1 Å². The average molecular weight is 600 g/mol. The van der Waals surface area contributed by atoms with Crippen LogP contribution in [-0.4, -0.2) is 82.7 Å². The molecule has 2 unspecified atom stereocenters. The van der Waals surface area contributed by atoms with Crippen LogP contribution in [0.15, 0.2) is 66.9 Å². The first kappa shape index (κ1) is 29.3. The number of aliphatic hydroxyl groups excluding tert-OH is 1. The molecule has 0 bridgehead atoms. The van der Waals surface area contributed by atoms with E-state index < -0.39 is 11.9 Å². The molecular weight excluding hydrogens is 567 g/mol. The van der Waals surface area contributed by atoms with E-state index in [1.165, 1.54) is 12.3 Å². The SMILES string of the molecule is O=C(N[C@H](COCc1ccccc1)C(=O)N1CC2CCCN2CC1CO)c1cccnc1Oc1ccc(Cl)cc1Cl. The number of pyridine rings is 1. The number of ether oxygens (including phenoxy) is 2. The fourth-order valence-electron chi connectivity index (χ4n) is 5.30. The third-order valence-corrected chi connectivity index (χ3v) is 7.93. The molecule has 0 aliphatic carbocycles. The summed E-state index contributed by atoms with van der Waals surface area (Å²) in [4.78, 5) is 35.8. The third-order valence-electron chi connectivity index (χ3n) is 7.40. The normalized spacial score (nSPS) is 19.4. The number of piperazine rings is 1. The largest absolute Gasteiger partial charge is 0.437 e. The maximum atomic E-state index is 13.9. The minimum atomic E-state index is -1.000. The minimum absolute atomic E-state index is 0.0263. The number of halogens is 2. The lowest BCUT2D eigenvalue weighted by Crippen LogP contribution is -2.63. The van der Waals surface area contributed by atoms with E-state index in [4.69, 9.17) is 32.7 Å². The maximum absolute atomic E-state index is 13.9. The molecule has 216 valence electrons. The van der Waals surface area contributed by atoms with Crippen molar-refractivity contribution in [3.8, 4) is 11.6 Å². The Labute approximate surface area is 249 Å². The summed E-state index contributed by atoms with van der Waals surface area (Å²) in [5.41, 5.74) is 1.07. The zero-order chi connectivity index (χ0) is 28.8. The van der Waals surface area contributed by atoms with Gasteiger partial charge in [0.25, 0.3) is 5.91 Å². The second-order valence-corrected chi connectivity index (χ2v) is 11.0. The van der Waals surface area contributed by atoms with E-state index in [1.54, 1.807) is 29.2 Å². The Balaban J connectivity index is 1.35. The number of hydrogen-bond donors (Lipinski definition) is 2. The predicted molar refractivity (Wildman–Crippen MR) is 155 cm³/mol. The first-order valence-electron chi connectivity index (χ1n) is 13.6. The molecule has 5 rings (SSSR count). The van der Waals surface area contributed by atoms with Crippen LogP contribution in [0.5, 0.6) is 11.6 Å². The molecule has 3 heterocycles. The summed E-state index contributed by atoms with van der Waals surface area (Å²) >= 11 is 12.3. The van der Waals surface area contributed by atoms with Crippen LogP contribution in [0, 0.1) is 0 Å². The maximum Gasteiger partial charge on any atom is 0.257 e. The van der Waals surface area contributed by atoms with E-state index in [-0.39, 0.29) is 60.0 Å². The van der Waals surface area contributed by atoms with Crippen molar-refractivity contribution < 1.29 is 24.2 Å². The van der Waals surface area contributed by atoms with Gasteiger partial charge in [0.2, 0.25) is 11.8 Å². The van der Waals surface area contributed by atoms with Crippen molar-refractivity contribution >= 4 is 35.0 Å². The Bertz CT molecular complexity index is 1360. The average Bonchev–Trinajstić information content (AvgIpc) is 3.45. The number of nitrogens with zero attached hydrogens (tertiary/aromatic N) is 3. The Morgan fingerprint density at radius 3 is 2.71 bits per heavy atom. The minimum Gasteiger partial charge on any atom is -0.437 e. The topological polar surface area (TPSA) is 104 Å². The summed E-state index contributed by atoms with van der Waals surface area (Å²) in [6.45, 7) is 2.11. The fraction of sp³-hybridized carbons (Fsp3) is 0.367. The highest BCUT2D eigenvalue weighted by Crippen LogP contribution is 2.32. The van der Waals surface area contributed by atoms with Crippen LogP contribution >= 0.6 is 23.2 Å². The fourth-order valence-corrected chi connectivity index (χ4v) is 5.75. The van der Waals surface area contributed by atoms with Gasteiger partial charge >= 0.3 is 0 Å². The molecule has 41 heavy (non-hydrogen) atoms. The number of amides is 2. The van der Waals surface area contributed by atoms with Crippen molar-refractivity contribution in [2.24, 2.45) is 0 Å². The Hall–Kier alpha value is -3.21. The van der Waals surface area contributed by atoms with E-state index in [1.807, 2.05) is 30.3 Å². The Morgan fingerprint density at radius 2 is 1.93 bits per heavy atom. The first-order chi connectivity index (χ1) is 19.9. The summed E-state index contributed by atoms with van der Waals surface area (Å²) in [7, 11) is 0. The number of aromatic nitrogens is 1. The van der Waals surface area contributed by atoms with Crippen LogP contribution in [0.3, 0.4) is 0 Å². The molecule has 3 atom stereocenters. The number of nitrogens with one attached hydrogen (secondary N) is 1. The van der Waals surface area contributed by atoms with Gasteiger partial charge in [0.1, 0.15) is 17.4 Å². The first-order valence-corrected chi connectivity index (χ1v) is 14.3. The second kappa shape index (κ2) is 13.6. The van der Waals surface area contributed by atoms with Gasteiger partial charge in [-0.2, -0.15) is 0 Å². The van der Waals surface area contributed by atoms with E-state index >= 15 is 0 Å². The molecule has 2 amide bonds. The number of aliphatic hydroxyl groups is 1. The van der Waals surface area contributed by atoms with Crippen molar-refractivity contribution in [1.29, 1.82) is 0 Å². The number of fused-ring (bicyclic) bond motifs is 1. The highest BCUT2D eigenvalue weighted by Gasteiger charge is 2.40. The van der Waals surface area contributed by atoms with Gasteiger partial charge in [0, 0.05) is 30.4 Å². The van der Waals surface area contributed by atoms with E-state index in [0.29, 0.717) is 18.1 Å². The molecule has 2 N–H and O–H groups in total. The number of rotatable bonds is 10. The Kier molecular flexibility index (Phi) is 9.74. The van der Waals surface area contributed by atoms with E-state index in [2.05, 4.69) is 15.2 Å². The summed E-state index contributed by atoms with van der Waals surface area (Å²) in [5, 5.41) is 13.7. The molecule has 0 spiro atoms. The molecule has 9 nitrogen and oxygen atoms in total. The Morgan fingerprint density at radius 1 is 1.10 bits per heavy atom. The van der Waals surface area contributed by atoms with Crippen LogP contribution in [-0.2, 0) is 16.1 Å². The van der Waals surface area contributed by atoms with Gasteiger partial charge in [-0.05, 0) is 55.3 Å². The van der Waals surface area contributed by atoms with Crippen molar-refractivity contribution in [3.05, 3.63) is 88.0 Å². The molecule has 1 aromatic heterocycles. The van der Waals surface area contributed by atoms with Gasteiger partial charge in [-0.3, -0.25) is 14.5 Å². The zero-order valence-corrected chi connectivity index (χ0v) is 23.9. The number of carbonyl (C=O) groups is 2. The molecule has 2 aliphatic heterocycles. The monoisotopic (exact) mass is 598 g/mol. The molecule has 2 saturated heterocycles. The standard InChI is InChI=1S/C30H32Cl2N4O5/c31-21-10-11-27(25(32)14-21)41-29-24(9-4-12-33-29)28(38)34-26(19-40-18-20-6-2-1-3-7-20)30(39)36-16-22-8-5-13-35(22)15-23(36)17-37/h1-4,6-7,9-12,14,22-23,26,37H,5,8,13,15-19H2,(H,34,38)/t22?,23?,26-/m1/s1. The van der Waals surface area contributed by atoms with Gasteiger partial charge in [0.05, 0.1) is 30.9 Å². The van der Waals surface area contributed by atoms with Crippen LogP contribution in [0.2, 0.25) is 10.0 Å². The smallest absolute Gasteiger partial charge is 0.257 e. The van der Waals surface area contributed by atoms with Crippen LogP contribution in [0.4, 0.5) is 0 Å². The van der Waals surface area contributed by atoms with Crippen molar-refractivity contribution in [2.75, 3.05) is 32.8 Å². The van der Waals surface area contributed by atoms with Gasteiger partial charge < -0.3 is 24.8 Å². The van der Waals surface area contributed by atoms with Gasteiger partial charge in [0.15, 0.2) is 0 Å². The number of benzene rings is 2. The van der Waals surface area contributed by atoms with Crippen LogP contribution in [0.1, 0.15) is 28.8 Å². The summed E-state index contributed by atoms with van der Waals surface area (Å²) < 4.78 is 11.8. The van der Waals surface area contributed by atoms with E-state index in [9.17, 15) is 14.7 Å². The van der Waals surface area contributed by atoms with Gasteiger partial charge in [-0.25, -0.2) is 4.98 Å². The quantitative estimate of drug-likeness (QED) is 0.361. The van der Waals surface area contributed by atoms with Crippen molar-refractivity contribution in [1.82, 2.24) is 20.1 Å². The predicted octanol–water partition coefficient (Wildman–Crippen LogP) is 4.16.